The van der Waals surface area contributed by atoms with Gasteiger partial charge in [-0.15, -0.1) is 0 Å². The third-order valence-corrected chi connectivity index (χ3v) is 4.25. The van der Waals surface area contributed by atoms with Crippen LogP contribution < -0.4 is 10.1 Å². The van der Waals surface area contributed by atoms with E-state index in [-0.39, 0.29) is 11.5 Å². The fraction of sp³-hybridized carbons (Fsp3) is 0.444. The lowest BCUT2D eigenvalue weighted by molar-refractivity contribution is -0.115. The Labute approximate surface area is 136 Å². The molecule has 1 N–H and O–H groups in total. The summed E-state index contributed by atoms with van der Waals surface area (Å²) in [5.41, 5.74) is 3.08. The summed E-state index contributed by atoms with van der Waals surface area (Å²) in [6.07, 6.45) is 2.31. The van der Waals surface area contributed by atoms with Gasteiger partial charge in [0.15, 0.2) is 5.82 Å². The van der Waals surface area contributed by atoms with Crippen LogP contribution in [0, 0.1) is 6.92 Å². The Hall–Kier alpha value is -2.30. The minimum absolute atomic E-state index is 0.0555. The monoisotopic (exact) mass is 313 g/mol. The van der Waals surface area contributed by atoms with Crippen LogP contribution in [0.4, 0.5) is 5.82 Å². The third-order valence-electron chi connectivity index (χ3n) is 4.25. The lowest BCUT2D eigenvalue weighted by atomic mass is 9.93. The van der Waals surface area contributed by atoms with Gasteiger partial charge in [0.2, 0.25) is 5.91 Å². The van der Waals surface area contributed by atoms with Crippen molar-refractivity contribution in [3.05, 3.63) is 41.1 Å². The highest BCUT2D eigenvalue weighted by Crippen LogP contribution is 2.33. The number of nitrogens with one attached hydrogen (secondary N) is 1. The van der Waals surface area contributed by atoms with Gasteiger partial charge in [0.1, 0.15) is 11.4 Å². The second-order valence-corrected chi connectivity index (χ2v) is 6.82. The van der Waals surface area contributed by atoms with Crippen molar-refractivity contribution >= 4 is 11.7 Å². The molecule has 0 bridgehead atoms. The minimum Gasteiger partial charge on any atom is -0.488 e. The molecule has 0 saturated carbocycles. The summed E-state index contributed by atoms with van der Waals surface area (Å²) in [5.74, 6) is 1.48. The Morgan fingerprint density at radius 2 is 2.17 bits per heavy atom. The van der Waals surface area contributed by atoms with E-state index in [2.05, 4.69) is 30.3 Å². The predicted octanol–water partition coefficient (Wildman–Crippen LogP) is 3.01. The Morgan fingerprint density at radius 3 is 2.87 bits per heavy atom. The quantitative estimate of drug-likeness (QED) is 0.947. The van der Waals surface area contributed by atoms with Crippen LogP contribution in [0.3, 0.4) is 0 Å². The molecule has 23 heavy (non-hydrogen) atoms. The molecule has 1 aromatic heterocycles. The molecule has 5 nitrogen and oxygen atoms in total. The largest absolute Gasteiger partial charge is 0.488 e. The molecule has 1 amide bonds. The number of carbonyl (C=O) groups excluding carboxylic acids is 1. The predicted molar refractivity (Wildman–Crippen MR) is 89.7 cm³/mol. The fourth-order valence-electron chi connectivity index (χ4n) is 2.82. The van der Waals surface area contributed by atoms with Crippen LogP contribution in [0.5, 0.6) is 5.75 Å². The summed E-state index contributed by atoms with van der Waals surface area (Å²) in [6, 6.07) is 7.88. The Kier molecular flexibility index (Phi) is 3.88. The Morgan fingerprint density at radius 1 is 1.39 bits per heavy atom. The van der Waals surface area contributed by atoms with Crippen molar-refractivity contribution < 1.29 is 9.53 Å². The molecule has 2 heterocycles. The van der Waals surface area contributed by atoms with Gasteiger partial charge in [-0.2, -0.15) is 5.10 Å². The molecule has 0 fully saturated rings. The molecular formula is C18H23N3O2. The fourth-order valence-corrected chi connectivity index (χ4v) is 2.82. The molecule has 122 valence electrons. The van der Waals surface area contributed by atoms with Crippen LogP contribution in [0.1, 0.15) is 37.1 Å². The van der Waals surface area contributed by atoms with Gasteiger partial charge in [-0.05, 0) is 50.8 Å². The molecule has 2 aromatic rings. The zero-order valence-electron chi connectivity index (χ0n) is 14.1. The zero-order valence-corrected chi connectivity index (χ0v) is 14.1. The summed E-state index contributed by atoms with van der Waals surface area (Å²) in [7, 11) is 1.86. The molecule has 0 spiro atoms. The normalized spacial score (nSPS) is 15.7. The van der Waals surface area contributed by atoms with E-state index >= 15 is 0 Å². The lowest BCUT2D eigenvalue weighted by Crippen LogP contribution is -2.32. The SMILES string of the molecule is Cc1cc(NC(=O)Cc2ccc3c(c2)CCC(C)(C)O3)nn1C. The first-order valence-electron chi connectivity index (χ1n) is 7.94. The number of amides is 1. The van der Waals surface area contributed by atoms with Gasteiger partial charge in [-0.25, -0.2) is 0 Å². The summed E-state index contributed by atoms with van der Waals surface area (Å²) in [5, 5.41) is 7.09. The molecular weight excluding hydrogens is 290 g/mol. The van der Waals surface area contributed by atoms with Crippen LogP contribution in [0.2, 0.25) is 0 Å². The Bertz CT molecular complexity index is 727. The van der Waals surface area contributed by atoms with Crippen LogP contribution >= 0.6 is 0 Å². The second-order valence-electron chi connectivity index (χ2n) is 6.82. The number of aryl methyl sites for hydroxylation is 3. The average Bonchev–Trinajstić information content (AvgIpc) is 2.76. The molecule has 0 aliphatic carbocycles. The highest BCUT2D eigenvalue weighted by atomic mass is 16.5. The molecule has 1 aliphatic heterocycles. The van der Waals surface area contributed by atoms with E-state index in [0.717, 1.165) is 29.8 Å². The molecule has 5 heteroatoms. The first-order chi connectivity index (χ1) is 10.8. The number of nitrogens with zero attached hydrogens (tertiary/aromatic N) is 2. The summed E-state index contributed by atoms with van der Waals surface area (Å²) in [4.78, 5) is 12.2. The van der Waals surface area contributed by atoms with E-state index in [9.17, 15) is 4.79 Å². The maximum atomic E-state index is 12.2. The van der Waals surface area contributed by atoms with Crippen LogP contribution in [0.15, 0.2) is 24.3 Å². The minimum atomic E-state index is -0.108. The molecule has 0 unspecified atom stereocenters. The van der Waals surface area contributed by atoms with Crippen molar-refractivity contribution in [1.82, 2.24) is 9.78 Å². The Balaban J connectivity index is 1.67. The van der Waals surface area contributed by atoms with Gasteiger partial charge >= 0.3 is 0 Å². The van der Waals surface area contributed by atoms with Gasteiger partial charge in [-0.1, -0.05) is 12.1 Å². The summed E-state index contributed by atoms with van der Waals surface area (Å²) >= 11 is 0. The van der Waals surface area contributed by atoms with E-state index in [1.165, 1.54) is 5.56 Å². The zero-order chi connectivity index (χ0) is 16.6. The highest BCUT2D eigenvalue weighted by Gasteiger charge is 2.26. The van der Waals surface area contributed by atoms with Crippen molar-refractivity contribution in [2.45, 2.75) is 45.6 Å². The molecule has 0 saturated heterocycles. The number of fused-ring (bicyclic) bond motifs is 1. The van der Waals surface area contributed by atoms with E-state index in [1.54, 1.807) is 4.68 Å². The number of hydrogen-bond donors (Lipinski definition) is 1. The number of hydrogen-bond acceptors (Lipinski definition) is 3. The van der Waals surface area contributed by atoms with E-state index in [0.29, 0.717) is 12.2 Å². The van der Waals surface area contributed by atoms with E-state index < -0.39 is 0 Å². The van der Waals surface area contributed by atoms with Crippen molar-refractivity contribution in [3.63, 3.8) is 0 Å². The number of aromatic nitrogens is 2. The van der Waals surface area contributed by atoms with Gasteiger partial charge in [0.25, 0.3) is 0 Å². The van der Waals surface area contributed by atoms with Crippen molar-refractivity contribution in [1.29, 1.82) is 0 Å². The first-order valence-corrected chi connectivity index (χ1v) is 7.94. The molecule has 3 rings (SSSR count). The second kappa shape index (κ2) is 5.72. The van der Waals surface area contributed by atoms with Crippen LogP contribution in [-0.4, -0.2) is 21.3 Å². The van der Waals surface area contributed by atoms with Crippen molar-refractivity contribution in [2.75, 3.05) is 5.32 Å². The number of ether oxygens (including phenoxy) is 1. The average molecular weight is 313 g/mol. The molecule has 0 radical (unpaired) electrons. The highest BCUT2D eigenvalue weighted by molar-refractivity contribution is 5.91. The standard InChI is InChI=1S/C18H23N3O2/c1-12-9-16(20-21(12)4)19-17(22)11-13-5-6-15-14(10-13)7-8-18(2,3)23-15/h5-6,9-10H,7-8,11H2,1-4H3,(H,19,20,22). The van der Waals surface area contributed by atoms with Gasteiger partial charge in [0.05, 0.1) is 6.42 Å². The van der Waals surface area contributed by atoms with Crippen molar-refractivity contribution in [3.8, 4) is 5.75 Å². The van der Waals surface area contributed by atoms with Crippen molar-refractivity contribution in [2.24, 2.45) is 7.05 Å². The number of benzene rings is 1. The van der Waals surface area contributed by atoms with Crippen LogP contribution in [0.25, 0.3) is 0 Å². The number of carbonyl (C=O) groups is 1. The lowest BCUT2D eigenvalue weighted by Gasteiger charge is -2.32. The summed E-state index contributed by atoms with van der Waals surface area (Å²) in [6.45, 7) is 6.16. The topological polar surface area (TPSA) is 56.1 Å². The van der Waals surface area contributed by atoms with E-state index in [4.69, 9.17) is 4.74 Å². The summed E-state index contributed by atoms with van der Waals surface area (Å²) < 4.78 is 7.72. The third kappa shape index (κ3) is 3.55. The molecule has 1 aromatic carbocycles. The van der Waals surface area contributed by atoms with Gasteiger partial charge < -0.3 is 10.1 Å². The van der Waals surface area contributed by atoms with Gasteiger partial charge in [0, 0.05) is 18.8 Å². The number of anilines is 1. The first kappa shape index (κ1) is 15.6. The van der Waals surface area contributed by atoms with Gasteiger partial charge in [-0.3, -0.25) is 9.48 Å². The smallest absolute Gasteiger partial charge is 0.229 e. The maximum Gasteiger partial charge on any atom is 0.229 e. The van der Waals surface area contributed by atoms with Crippen LogP contribution in [-0.2, 0) is 24.7 Å². The molecule has 1 aliphatic rings. The van der Waals surface area contributed by atoms with E-state index in [1.807, 2.05) is 32.2 Å². The maximum absolute atomic E-state index is 12.2. The number of rotatable bonds is 3. The molecule has 0 atom stereocenters.